The average Bonchev–Trinajstić information content (AvgIpc) is 2.32. The van der Waals surface area contributed by atoms with Gasteiger partial charge in [-0.2, -0.15) is 5.26 Å². The molecule has 0 aliphatic carbocycles. The molecule has 0 saturated carbocycles. The van der Waals surface area contributed by atoms with Gasteiger partial charge in [0.2, 0.25) is 5.43 Å². The first kappa shape index (κ1) is 12.0. The highest BCUT2D eigenvalue weighted by molar-refractivity contribution is 5.80. The molecule has 0 unspecified atom stereocenters. The maximum Gasteiger partial charge on any atom is 0.207 e. The van der Waals surface area contributed by atoms with E-state index in [0.29, 0.717) is 5.39 Å². The average molecular weight is 214 g/mol. The summed E-state index contributed by atoms with van der Waals surface area (Å²) in [5.74, 6) is 0. The molecule has 1 heterocycles. The third-order valence-electron chi connectivity index (χ3n) is 2.16. The fourth-order valence-corrected chi connectivity index (χ4v) is 1.42. The van der Waals surface area contributed by atoms with Gasteiger partial charge in [0.25, 0.3) is 0 Å². The van der Waals surface area contributed by atoms with Crippen molar-refractivity contribution in [1.29, 1.82) is 5.26 Å². The molecular weight excluding hydrogens is 200 g/mol. The third-order valence-corrected chi connectivity index (χ3v) is 2.16. The van der Waals surface area contributed by atoms with Crippen molar-refractivity contribution in [2.75, 3.05) is 0 Å². The van der Waals surface area contributed by atoms with Crippen molar-refractivity contribution in [1.82, 2.24) is 4.98 Å². The van der Waals surface area contributed by atoms with Crippen molar-refractivity contribution in [3.05, 3.63) is 45.7 Å². The highest BCUT2D eigenvalue weighted by Crippen LogP contribution is 2.09. The summed E-state index contributed by atoms with van der Waals surface area (Å²) in [5.41, 5.74) is 1.80. The molecule has 3 heteroatoms. The topological polar surface area (TPSA) is 56.6 Å². The summed E-state index contributed by atoms with van der Waals surface area (Å²) in [6, 6.07) is 7.35. The Morgan fingerprint density at radius 1 is 1.31 bits per heavy atom. The fourth-order valence-electron chi connectivity index (χ4n) is 1.42. The van der Waals surface area contributed by atoms with Gasteiger partial charge in [-0.05, 0) is 24.6 Å². The minimum absolute atomic E-state index is 0.154. The van der Waals surface area contributed by atoms with Crippen LogP contribution in [0.2, 0.25) is 0 Å². The maximum atomic E-state index is 11.6. The first-order chi connectivity index (χ1) is 7.72. The van der Waals surface area contributed by atoms with Crippen LogP contribution in [0.5, 0.6) is 0 Å². The summed E-state index contributed by atoms with van der Waals surface area (Å²) in [6.45, 7) is 5.95. The molecule has 0 aliphatic heterocycles. The van der Waals surface area contributed by atoms with Crippen LogP contribution in [0.15, 0.2) is 29.2 Å². The van der Waals surface area contributed by atoms with E-state index in [4.69, 9.17) is 5.26 Å². The smallest absolute Gasteiger partial charge is 0.207 e. The number of benzene rings is 1. The predicted octanol–water partition coefficient (Wildman–Crippen LogP) is 2.73. The van der Waals surface area contributed by atoms with Crippen LogP contribution in [0.1, 0.15) is 25.0 Å². The second kappa shape index (κ2) is 5.13. The molecule has 3 nitrogen and oxygen atoms in total. The van der Waals surface area contributed by atoms with E-state index in [9.17, 15) is 4.79 Å². The van der Waals surface area contributed by atoms with E-state index in [1.165, 1.54) is 6.20 Å². The lowest BCUT2D eigenvalue weighted by molar-refractivity contribution is 1.33. The van der Waals surface area contributed by atoms with E-state index >= 15 is 0 Å². The van der Waals surface area contributed by atoms with Gasteiger partial charge in [0.1, 0.15) is 11.6 Å². The number of nitrogens with one attached hydrogen (secondary N) is 1. The van der Waals surface area contributed by atoms with Crippen LogP contribution < -0.4 is 5.43 Å². The van der Waals surface area contributed by atoms with Crippen LogP contribution in [-0.2, 0) is 0 Å². The number of rotatable bonds is 0. The van der Waals surface area contributed by atoms with Gasteiger partial charge in [0.05, 0.1) is 0 Å². The number of aromatic amines is 1. The molecule has 1 aromatic carbocycles. The zero-order valence-corrected chi connectivity index (χ0v) is 9.66. The predicted molar refractivity (Wildman–Crippen MR) is 65.4 cm³/mol. The van der Waals surface area contributed by atoms with E-state index in [2.05, 4.69) is 4.98 Å². The van der Waals surface area contributed by atoms with E-state index in [0.717, 1.165) is 11.1 Å². The van der Waals surface area contributed by atoms with Gasteiger partial charge in [-0.1, -0.05) is 19.9 Å². The van der Waals surface area contributed by atoms with E-state index in [1.807, 2.05) is 39.0 Å². The van der Waals surface area contributed by atoms with Gasteiger partial charge in [-0.3, -0.25) is 4.79 Å². The van der Waals surface area contributed by atoms with E-state index in [1.54, 1.807) is 6.07 Å². The summed E-state index contributed by atoms with van der Waals surface area (Å²) in [4.78, 5) is 14.6. The summed E-state index contributed by atoms with van der Waals surface area (Å²) in [5, 5.41) is 9.23. The highest BCUT2D eigenvalue weighted by atomic mass is 16.1. The molecule has 16 heavy (non-hydrogen) atoms. The Hall–Kier alpha value is -2.08. The van der Waals surface area contributed by atoms with Crippen molar-refractivity contribution >= 4 is 10.9 Å². The minimum atomic E-state index is -0.207. The molecule has 0 aliphatic rings. The van der Waals surface area contributed by atoms with E-state index < -0.39 is 0 Å². The summed E-state index contributed by atoms with van der Waals surface area (Å²) in [6.07, 6.45) is 1.45. The van der Waals surface area contributed by atoms with Crippen LogP contribution in [0.3, 0.4) is 0 Å². The molecule has 0 fully saturated rings. The summed E-state index contributed by atoms with van der Waals surface area (Å²) in [7, 11) is 0. The second-order valence-corrected chi connectivity index (χ2v) is 3.19. The Balaban J connectivity index is 0.000000606. The van der Waals surface area contributed by atoms with Crippen molar-refractivity contribution in [3.8, 4) is 6.07 Å². The van der Waals surface area contributed by atoms with Gasteiger partial charge < -0.3 is 4.98 Å². The number of H-pyrrole nitrogens is 1. The Labute approximate surface area is 94.4 Å². The quantitative estimate of drug-likeness (QED) is 0.733. The van der Waals surface area contributed by atoms with Gasteiger partial charge in [-0.15, -0.1) is 0 Å². The molecule has 0 radical (unpaired) electrons. The lowest BCUT2D eigenvalue weighted by atomic mass is 10.1. The number of nitriles is 1. The zero-order valence-electron chi connectivity index (χ0n) is 9.66. The highest BCUT2D eigenvalue weighted by Gasteiger charge is 2.03. The van der Waals surface area contributed by atoms with Gasteiger partial charge in [0, 0.05) is 17.1 Å². The van der Waals surface area contributed by atoms with Crippen LogP contribution in [-0.4, -0.2) is 4.98 Å². The molecule has 1 aromatic heterocycles. The van der Waals surface area contributed by atoms with Gasteiger partial charge in [-0.25, -0.2) is 0 Å². The van der Waals surface area contributed by atoms with Crippen molar-refractivity contribution < 1.29 is 0 Å². The van der Waals surface area contributed by atoms with Crippen molar-refractivity contribution in [2.45, 2.75) is 20.8 Å². The number of nitrogens with zero attached hydrogens (tertiary/aromatic N) is 1. The second-order valence-electron chi connectivity index (χ2n) is 3.19. The Morgan fingerprint density at radius 2 is 2.00 bits per heavy atom. The number of aromatic nitrogens is 1. The molecule has 0 spiro atoms. The van der Waals surface area contributed by atoms with Crippen LogP contribution in [0.4, 0.5) is 0 Å². The molecule has 0 bridgehead atoms. The van der Waals surface area contributed by atoms with E-state index in [-0.39, 0.29) is 11.0 Å². The molecule has 2 aromatic rings. The van der Waals surface area contributed by atoms with Crippen LogP contribution in [0, 0.1) is 18.3 Å². The monoisotopic (exact) mass is 214 g/mol. The SMILES string of the molecule is CC.Cc1ccc2c(=O)c(C#N)c[nH]c2c1. The lowest BCUT2D eigenvalue weighted by Gasteiger charge is -1.98. The van der Waals surface area contributed by atoms with Gasteiger partial charge in [0.15, 0.2) is 0 Å². The molecule has 0 saturated heterocycles. The number of pyridine rings is 1. The normalized spacial score (nSPS) is 9.12. The fraction of sp³-hybridized carbons (Fsp3) is 0.231. The standard InChI is InChI=1S/C11H8N2O.C2H6/c1-7-2-3-9-10(4-7)13-6-8(5-12)11(9)14;1-2/h2-4,6H,1H3,(H,13,14);1-2H3. The molecule has 0 amide bonds. The summed E-state index contributed by atoms with van der Waals surface area (Å²) < 4.78 is 0. The van der Waals surface area contributed by atoms with Crippen molar-refractivity contribution in [3.63, 3.8) is 0 Å². The molecule has 0 atom stereocenters. The molecule has 82 valence electrons. The number of hydrogen-bond donors (Lipinski definition) is 1. The summed E-state index contributed by atoms with van der Waals surface area (Å²) >= 11 is 0. The Kier molecular flexibility index (Phi) is 3.84. The number of aryl methyl sites for hydroxylation is 1. The third kappa shape index (κ3) is 2.12. The Bertz CT molecular complexity index is 591. The minimum Gasteiger partial charge on any atom is -0.360 e. The number of hydrogen-bond acceptors (Lipinski definition) is 2. The van der Waals surface area contributed by atoms with Crippen LogP contribution in [0.25, 0.3) is 10.9 Å². The number of fused-ring (bicyclic) bond motifs is 1. The Morgan fingerprint density at radius 3 is 2.62 bits per heavy atom. The van der Waals surface area contributed by atoms with Gasteiger partial charge >= 0.3 is 0 Å². The maximum absolute atomic E-state index is 11.6. The molecule has 1 N–H and O–H groups in total. The largest absolute Gasteiger partial charge is 0.360 e. The lowest BCUT2D eigenvalue weighted by Crippen LogP contribution is -2.06. The first-order valence-electron chi connectivity index (χ1n) is 5.24. The van der Waals surface area contributed by atoms with Crippen LogP contribution >= 0.6 is 0 Å². The first-order valence-corrected chi connectivity index (χ1v) is 5.24. The molecule has 2 rings (SSSR count). The van der Waals surface area contributed by atoms with Crippen molar-refractivity contribution in [2.24, 2.45) is 0 Å². The zero-order chi connectivity index (χ0) is 12.1. The molecular formula is C13H14N2O.